The van der Waals surface area contributed by atoms with E-state index in [9.17, 15) is 4.79 Å². The van der Waals surface area contributed by atoms with Gasteiger partial charge in [-0.05, 0) is 32.1 Å². The van der Waals surface area contributed by atoms with E-state index in [1.54, 1.807) is 7.11 Å². The summed E-state index contributed by atoms with van der Waals surface area (Å²) in [6, 6.07) is 0. The fraction of sp³-hybridized carbons (Fsp3) is 0.909. The molecule has 0 bridgehead atoms. The largest absolute Gasteiger partial charge is 0.481 e. The standard InChI is InChI=1S/C11H22O3/c1-10(2,8-9(12)13)6-7-11(3,4)14-5/h6-8H2,1-5H3,(H,12,13). The number of carboxylic acids is 1. The lowest BCUT2D eigenvalue weighted by atomic mass is 9.81. The molecule has 0 aromatic heterocycles. The van der Waals surface area contributed by atoms with E-state index in [0.717, 1.165) is 12.8 Å². The second-order valence-electron chi connectivity index (χ2n) is 5.20. The van der Waals surface area contributed by atoms with Crippen molar-refractivity contribution in [2.24, 2.45) is 5.41 Å². The summed E-state index contributed by atoms with van der Waals surface area (Å²) in [7, 11) is 1.68. The number of rotatable bonds is 6. The van der Waals surface area contributed by atoms with E-state index in [4.69, 9.17) is 9.84 Å². The highest BCUT2D eigenvalue weighted by molar-refractivity contribution is 5.67. The van der Waals surface area contributed by atoms with Crippen molar-refractivity contribution < 1.29 is 14.6 Å². The van der Waals surface area contributed by atoms with E-state index in [1.165, 1.54) is 0 Å². The molecule has 0 amide bonds. The highest BCUT2D eigenvalue weighted by atomic mass is 16.5. The maximum atomic E-state index is 10.6. The fourth-order valence-electron chi connectivity index (χ4n) is 1.24. The summed E-state index contributed by atoms with van der Waals surface area (Å²) in [5, 5.41) is 8.70. The Balaban J connectivity index is 4.04. The second-order valence-corrected chi connectivity index (χ2v) is 5.20. The van der Waals surface area contributed by atoms with Crippen LogP contribution in [0.3, 0.4) is 0 Å². The van der Waals surface area contributed by atoms with Gasteiger partial charge in [0.2, 0.25) is 0 Å². The number of carbonyl (C=O) groups is 1. The van der Waals surface area contributed by atoms with Crippen molar-refractivity contribution in [3.05, 3.63) is 0 Å². The predicted octanol–water partition coefficient (Wildman–Crippen LogP) is 2.69. The van der Waals surface area contributed by atoms with E-state index in [-0.39, 0.29) is 17.4 Å². The van der Waals surface area contributed by atoms with Crippen LogP contribution in [0.1, 0.15) is 47.0 Å². The normalized spacial score (nSPS) is 12.9. The summed E-state index contributed by atoms with van der Waals surface area (Å²) < 4.78 is 5.29. The van der Waals surface area contributed by atoms with Gasteiger partial charge in [0.25, 0.3) is 0 Å². The summed E-state index contributed by atoms with van der Waals surface area (Å²) >= 11 is 0. The molecule has 0 aliphatic carbocycles. The van der Waals surface area contributed by atoms with Gasteiger partial charge in [0.15, 0.2) is 0 Å². The van der Waals surface area contributed by atoms with Gasteiger partial charge < -0.3 is 9.84 Å². The summed E-state index contributed by atoms with van der Waals surface area (Å²) in [5.41, 5.74) is -0.308. The van der Waals surface area contributed by atoms with Crippen LogP contribution in [-0.4, -0.2) is 23.8 Å². The smallest absolute Gasteiger partial charge is 0.303 e. The molecule has 0 spiro atoms. The number of ether oxygens (including phenoxy) is 1. The molecular weight excluding hydrogens is 180 g/mol. The molecule has 0 radical (unpaired) electrons. The first-order chi connectivity index (χ1) is 6.18. The van der Waals surface area contributed by atoms with Gasteiger partial charge >= 0.3 is 5.97 Å². The van der Waals surface area contributed by atoms with Crippen LogP contribution in [0.15, 0.2) is 0 Å². The molecule has 0 fully saturated rings. The molecule has 0 aliphatic heterocycles. The minimum atomic E-state index is -0.731. The third-order valence-corrected chi connectivity index (χ3v) is 2.59. The van der Waals surface area contributed by atoms with Gasteiger partial charge in [-0.1, -0.05) is 13.8 Å². The molecule has 0 rings (SSSR count). The molecule has 3 nitrogen and oxygen atoms in total. The topological polar surface area (TPSA) is 46.5 Å². The van der Waals surface area contributed by atoms with Crippen LogP contribution in [-0.2, 0) is 9.53 Å². The van der Waals surface area contributed by atoms with Crippen molar-refractivity contribution in [2.45, 2.75) is 52.6 Å². The number of aliphatic carboxylic acids is 1. The van der Waals surface area contributed by atoms with E-state index in [0.29, 0.717) is 0 Å². The zero-order chi connectivity index (χ0) is 11.4. The van der Waals surface area contributed by atoms with Gasteiger partial charge in [-0.2, -0.15) is 0 Å². The lowest BCUT2D eigenvalue weighted by Gasteiger charge is -2.29. The molecule has 14 heavy (non-hydrogen) atoms. The van der Waals surface area contributed by atoms with E-state index in [2.05, 4.69) is 0 Å². The molecule has 1 N–H and O–H groups in total. The third kappa shape index (κ3) is 5.97. The first kappa shape index (κ1) is 13.4. The van der Waals surface area contributed by atoms with Crippen LogP contribution in [0.25, 0.3) is 0 Å². The van der Waals surface area contributed by atoms with Crippen LogP contribution in [0.2, 0.25) is 0 Å². The number of carboxylic acid groups (broad SMARTS) is 1. The minimum Gasteiger partial charge on any atom is -0.481 e. The molecule has 0 saturated heterocycles. The average Bonchev–Trinajstić information content (AvgIpc) is 1.99. The Hall–Kier alpha value is -0.570. The SMILES string of the molecule is COC(C)(C)CCC(C)(C)CC(=O)O. The quantitative estimate of drug-likeness (QED) is 0.720. The van der Waals surface area contributed by atoms with Crippen molar-refractivity contribution >= 4 is 5.97 Å². The van der Waals surface area contributed by atoms with E-state index < -0.39 is 5.97 Å². The highest BCUT2D eigenvalue weighted by Crippen LogP contribution is 2.30. The van der Waals surface area contributed by atoms with Crippen molar-refractivity contribution in [2.75, 3.05) is 7.11 Å². The predicted molar refractivity (Wildman–Crippen MR) is 56.4 cm³/mol. The lowest BCUT2D eigenvalue weighted by molar-refractivity contribution is -0.139. The Labute approximate surface area is 86.5 Å². The molecule has 0 aliphatic rings. The maximum absolute atomic E-state index is 10.6. The third-order valence-electron chi connectivity index (χ3n) is 2.59. The molecule has 0 aromatic carbocycles. The Morgan fingerprint density at radius 2 is 1.71 bits per heavy atom. The Morgan fingerprint density at radius 3 is 2.07 bits per heavy atom. The number of methoxy groups -OCH3 is 1. The Morgan fingerprint density at radius 1 is 1.21 bits per heavy atom. The highest BCUT2D eigenvalue weighted by Gasteiger charge is 2.26. The molecule has 0 unspecified atom stereocenters. The van der Waals surface area contributed by atoms with Gasteiger partial charge in [-0.25, -0.2) is 0 Å². The molecule has 0 heterocycles. The van der Waals surface area contributed by atoms with Crippen molar-refractivity contribution in [3.63, 3.8) is 0 Å². The van der Waals surface area contributed by atoms with Crippen molar-refractivity contribution in [3.8, 4) is 0 Å². The molecular formula is C11H22O3. The van der Waals surface area contributed by atoms with Gasteiger partial charge in [-0.15, -0.1) is 0 Å². The summed E-state index contributed by atoms with van der Waals surface area (Å²) in [6.07, 6.45) is 1.96. The Bertz CT molecular complexity index is 195. The first-order valence-corrected chi connectivity index (χ1v) is 4.95. The summed E-state index contributed by atoms with van der Waals surface area (Å²) in [5.74, 6) is -0.731. The maximum Gasteiger partial charge on any atom is 0.303 e. The zero-order valence-corrected chi connectivity index (χ0v) is 9.89. The van der Waals surface area contributed by atoms with Gasteiger partial charge in [-0.3, -0.25) is 4.79 Å². The average molecular weight is 202 g/mol. The van der Waals surface area contributed by atoms with Gasteiger partial charge in [0.05, 0.1) is 12.0 Å². The van der Waals surface area contributed by atoms with E-state index >= 15 is 0 Å². The van der Waals surface area contributed by atoms with Crippen LogP contribution in [0.4, 0.5) is 0 Å². The molecule has 0 atom stereocenters. The minimum absolute atomic E-state index is 0.151. The van der Waals surface area contributed by atoms with Gasteiger partial charge in [0.1, 0.15) is 0 Å². The fourth-order valence-corrected chi connectivity index (χ4v) is 1.24. The van der Waals surface area contributed by atoms with Crippen molar-refractivity contribution in [1.29, 1.82) is 0 Å². The van der Waals surface area contributed by atoms with Crippen LogP contribution < -0.4 is 0 Å². The lowest BCUT2D eigenvalue weighted by Crippen LogP contribution is -2.26. The van der Waals surface area contributed by atoms with Gasteiger partial charge in [0, 0.05) is 7.11 Å². The number of hydrogen-bond acceptors (Lipinski definition) is 2. The first-order valence-electron chi connectivity index (χ1n) is 4.95. The number of hydrogen-bond donors (Lipinski definition) is 1. The molecule has 3 heteroatoms. The molecule has 84 valence electrons. The van der Waals surface area contributed by atoms with Crippen LogP contribution in [0.5, 0.6) is 0 Å². The second kappa shape index (κ2) is 4.78. The molecule has 0 aromatic rings. The summed E-state index contributed by atoms with van der Waals surface area (Å²) in [4.78, 5) is 10.6. The Kier molecular flexibility index (Phi) is 4.59. The van der Waals surface area contributed by atoms with Crippen molar-refractivity contribution in [1.82, 2.24) is 0 Å². The van der Waals surface area contributed by atoms with E-state index in [1.807, 2.05) is 27.7 Å². The zero-order valence-electron chi connectivity index (χ0n) is 9.89. The summed E-state index contributed by atoms with van der Waals surface area (Å²) in [6.45, 7) is 7.99. The van der Waals surface area contributed by atoms with Crippen LogP contribution in [0, 0.1) is 5.41 Å². The van der Waals surface area contributed by atoms with Crippen LogP contribution >= 0.6 is 0 Å². The monoisotopic (exact) mass is 202 g/mol. The molecule has 0 saturated carbocycles.